The van der Waals surface area contributed by atoms with Gasteiger partial charge in [-0.3, -0.25) is 0 Å². The Hall–Kier alpha value is -15.4. The zero-order valence-corrected chi connectivity index (χ0v) is 68.9. The minimum absolute atomic E-state index is 0.122. The predicted molar refractivity (Wildman–Crippen MR) is 516 cm³/mol. The lowest BCUT2D eigenvalue weighted by Crippen LogP contribution is -2.26. The summed E-state index contributed by atoms with van der Waals surface area (Å²) in [6.45, 7) is 9.50. The molecule has 0 N–H and O–H groups in total. The highest BCUT2D eigenvalue weighted by Gasteiger charge is 2.52. The number of para-hydroxylation sites is 4. The molecule has 2 heterocycles. The molecule has 25 rings (SSSR count). The van der Waals surface area contributed by atoms with Gasteiger partial charge in [0, 0.05) is 77.6 Å². The van der Waals surface area contributed by atoms with Crippen molar-refractivity contribution in [1.82, 2.24) is 9.13 Å². The number of hydrogen-bond donors (Lipinski definition) is 0. The molecule has 0 saturated carbocycles. The SMILES string of the molecule is CC1(C)c2ccccc2-c2ccc(N(c3ccc4c(c3)C(C)(C)c3ccccc3-4)c3ccc(-c4ccc5c(c4)c4ccccc4n5-c4ccccc4)c4ccccc34)cc21.c1ccc(-c2ccc(N(c3ccc(-c4ccc5c(c4)c4ccccc4n5-c4ccccc4)cc3)c3ccc4c(c3)C3(c5ccccc5-c5ccccc53)c3ccccc3-4)cc2)cc1. The maximum absolute atomic E-state index is 2.52. The zero-order chi connectivity index (χ0) is 81.8. The minimum atomic E-state index is -0.426. The van der Waals surface area contributed by atoms with Gasteiger partial charge in [-0.05, 0) is 255 Å². The maximum atomic E-state index is 2.52. The topological polar surface area (TPSA) is 16.3 Å². The van der Waals surface area contributed by atoms with E-state index in [0.717, 1.165) is 34.1 Å². The molecule has 0 unspecified atom stereocenters. The number of aromatic nitrogens is 2. The van der Waals surface area contributed by atoms with E-state index in [1.165, 1.54) is 188 Å². The fraction of sp³-hybridized carbons (Fsp3) is 0.0588. The Morgan fingerprint density at radius 2 is 0.488 bits per heavy atom. The summed E-state index contributed by atoms with van der Waals surface area (Å²) < 4.78 is 4.76. The lowest BCUT2D eigenvalue weighted by atomic mass is 9.70. The quantitative estimate of drug-likeness (QED) is 0.128. The first-order chi connectivity index (χ1) is 60.5. The van der Waals surface area contributed by atoms with Gasteiger partial charge >= 0.3 is 0 Å². The number of rotatable bonds is 11. The Kier molecular flexibility index (Phi) is 16.3. The van der Waals surface area contributed by atoms with Gasteiger partial charge in [-0.2, -0.15) is 0 Å². The first-order valence-corrected chi connectivity index (χ1v) is 43.0. The van der Waals surface area contributed by atoms with E-state index in [4.69, 9.17) is 0 Å². The normalized spacial score (nSPS) is 13.6. The molecule has 0 bridgehead atoms. The third-order valence-electron chi connectivity index (χ3n) is 27.4. The summed E-state index contributed by atoms with van der Waals surface area (Å²) in [4.78, 5) is 4.94. The molecular weight excluding hydrogens is 1490 g/mol. The Morgan fingerprint density at radius 3 is 0.967 bits per heavy atom. The van der Waals surface area contributed by atoms with Gasteiger partial charge in [0.15, 0.2) is 0 Å². The van der Waals surface area contributed by atoms with Crippen LogP contribution in [0.15, 0.2) is 437 Å². The van der Waals surface area contributed by atoms with Gasteiger partial charge in [0.05, 0.1) is 33.2 Å². The van der Waals surface area contributed by atoms with Crippen LogP contribution in [0.3, 0.4) is 0 Å². The van der Waals surface area contributed by atoms with Gasteiger partial charge in [-0.1, -0.05) is 337 Å². The van der Waals surface area contributed by atoms with Gasteiger partial charge in [0.25, 0.3) is 0 Å². The van der Waals surface area contributed by atoms with Crippen LogP contribution < -0.4 is 9.80 Å². The Balaban J connectivity index is 0.000000139. The summed E-state index contributed by atoms with van der Waals surface area (Å²) in [6, 6.07) is 162. The Morgan fingerprint density at radius 1 is 0.179 bits per heavy atom. The van der Waals surface area contributed by atoms with Crippen LogP contribution in [0.1, 0.15) is 72.2 Å². The summed E-state index contributed by atoms with van der Waals surface area (Å²) >= 11 is 0. The number of nitrogens with zero attached hydrogens (tertiary/aromatic N) is 4. The monoisotopic (exact) mass is 1570 g/mol. The van der Waals surface area contributed by atoms with Crippen LogP contribution in [0.2, 0.25) is 0 Å². The standard InChI is InChI=1S/C61H40N2.C58H44N2/c1-3-15-41(16-4-1)42-27-32-46(33-28-42)62(47-34-29-43(30-35-47)44-31-38-60-54(39-44)53-22-10-14-26-59(53)63(60)45-17-5-2-6-18-45)48-36-37-52-51-21-9-13-25-57(51)61(58(52)40-48)55-23-11-7-19-49(55)50-20-8-12-24-56(50)61;1-57(2)50-23-13-10-19-43(50)45-29-27-39(35-52(45)57)59(40-28-30-46-44-20-11-14-24-51(44)58(3,4)53(46)36-40)55-33-31-41(42-18-8-9-21-47(42)55)37-26-32-56-49(34-37)48-22-12-15-25-54(48)60(56)38-16-6-5-7-17-38/h1-40H;5-36H,1-4H3. The summed E-state index contributed by atoms with van der Waals surface area (Å²) in [5.41, 5.74) is 42.0. The lowest BCUT2D eigenvalue weighted by Gasteiger charge is -2.32. The van der Waals surface area contributed by atoms with E-state index in [1.807, 2.05) is 0 Å². The molecule has 2 aromatic heterocycles. The van der Waals surface area contributed by atoms with E-state index in [0.29, 0.717) is 0 Å². The molecule has 0 saturated heterocycles. The summed E-state index contributed by atoms with van der Waals surface area (Å²) in [7, 11) is 0. The van der Waals surface area contributed by atoms with Crippen LogP contribution in [-0.2, 0) is 16.2 Å². The molecule has 1 spiro atoms. The summed E-state index contributed by atoms with van der Waals surface area (Å²) in [6.07, 6.45) is 0. The van der Waals surface area contributed by atoms with Crippen LogP contribution in [0.5, 0.6) is 0 Å². The van der Waals surface area contributed by atoms with Crippen LogP contribution >= 0.6 is 0 Å². The van der Waals surface area contributed by atoms with Crippen molar-refractivity contribution in [2.45, 2.75) is 43.9 Å². The summed E-state index contributed by atoms with van der Waals surface area (Å²) in [5.74, 6) is 0. The molecule has 4 aliphatic carbocycles. The van der Waals surface area contributed by atoms with Crippen molar-refractivity contribution in [1.29, 1.82) is 0 Å². The second-order valence-electron chi connectivity index (χ2n) is 34.6. The highest BCUT2D eigenvalue weighted by molar-refractivity contribution is 6.14. The largest absolute Gasteiger partial charge is 0.310 e. The van der Waals surface area contributed by atoms with Crippen molar-refractivity contribution in [3.8, 4) is 89.3 Å². The van der Waals surface area contributed by atoms with Gasteiger partial charge in [-0.15, -0.1) is 0 Å². The molecule has 21 aromatic rings. The lowest BCUT2D eigenvalue weighted by molar-refractivity contribution is 0.660. The van der Waals surface area contributed by atoms with E-state index in [9.17, 15) is 0 Å². The van der Waals surface area contributed by atoms with Crippen LogP contribution in [0, 0.1) is 0 Å². The Bertz CT molecular complexity index is 7690. The van der Waals surface area contributed by atoms with Gasteiger partial charge in [-0.25, -0.2) is 0 Å². The number of anilines is 6. The molecule has 4 heteroatoms. The average Bonchev–Trinajstić information content (AvgIpc) is 1.51. The average molecular weight is 1570 g/mol. The van der Waals surface area contributed by atoms with E-state index in [-0.39, 0.29) is 10.8 Å². The highest BCUT2D eigenvalue weighted by atomic mass is 15.2. The molecule has 123 heavy (non-hydrogen) atoms. The van der Waals surface area contributed by atoms with Crippen molar-refractivity contribution < 1.29 is 0 Å². The van der Waals surface area contributed by atoms with Crippen LogP contribution in [0.4, 0.5) is 34.1 Å². The van der Waals surface area contributed by atoms with E-state index >= 15 is 0 Å². The molecule has 0 fully saturated rings. The zero-order valence-electron chi connectivity index (χ0n) is 68.9. The molecule has 0 atom stereocenters. The van der Waals surface area contributed by atoms with Crippen molar-refractivity contribution in [2.24, 2.45) is 0 Å². The molecular formula is C119H84N4. The van der Waals surface area contributed by atoms with E-state index in [1.54, 1.807) is 0 Å². The van der Waals surface area contributed by atoms with Crippen LogP contribution in [0.25, 0.3) is 144 Å². The molecule has 4 nitrogen and oxygen atoms in total. The highest BCUT2D eigenvalue weighted by Crippen LogP contribution is 2.64. The third-order valence-corrected chi connectivity index (χ3v) is 27.4. The van der Waals surface area contributed by atoms with Gasteiger partial charge < -0.3 is 18.9 Å². The maximum Gasteiger partial charge on any atom is 0.0726 e. The minimum Gasteiger partial charge on any atom is -0.310 e. The number of fused-ring (bicyclic) bond motifs is 23. The molecule has 0 amide bonds. The fourth-order valence-electron chi connectivity index (χ4n) is 21.7. The van der Waals surface area contributed by atoms with Crippen molar-refractivity contribution in [3.63, 3.8) is 0 Å². The van der Waals surface area contributed by atoms with Crippen molar-refractivity contribution >= 4 is 88.5 Å². The van der Waals surface area contributed by atoms with Crippen LogP contribution in [-0.4, -0.2) is 9.13 Å². The smallest absolute Gasteiger partial charge is 0.0726 e. The molecule has 4 aliphatic rings. The number of benzene rings is 19. The van der Waals surface area contributed by atoms with E-state index < -0.39 is 5.41 Å². The molecule has 19 aromatic carbocycles. The molecule has 580 valence electrons. The second kappa shape index (κ2) is 27.9. The molecule has 0 aliphatic heterocycles. The fourth-order valence-corrected chi connectivity index (χ4v) is 21.7. The first-order valence-electron chi connectivity index (χ1n) is 43.0. The number of hydrogen-bond acceptors (Lipinski definition) is 2. The Labute approximate surface area is 717 Å². The van der Waals surface area contributed by atoms with E-state index in [2.05, 4.69) is 483 Å². The van der Waals surface area contributed by atoms with Gasteiger partial charge in [0.2, 0.25) is 0 Å². The summed E-state index contributed by atoms with van der Waals surface area (Å²) in [5, 5.41) is 7.46. The second-order valence-corrected chi connectivity index (χ2v) is 34.6. The third kappa shape index (κ3) is 10.9. The molecule has 0 radical (unpaired) electrons. The van der Waals surface area contributed by atoms with Crippen molar-refractivity contribution in [3.05, 3.63) is 481 Å². The van der Waals surface area contributed by atoms with Crippen molar-refractivity contribution in [2.75, 3.05) is 9.80 Å². The first kappa shape index (κ1) is 71.7. The predicted octanol–water partition coefficient (Wildman–Crippen LogP) is 31.6. The van der Waals surface area contributed by atoms with Gasteiger partial charge in [0.1, 0.15) is 0 Å².